The largest absolute Gasteiger partial charge is 0.479 e. The molecule has 0 amide bonds. The number of anilines is 1. The van der Waals surface area contributed by atoms with E-state index in [4.69, 9.17) is 0 Å². The Morgan fingerprint density at radius 1 is 1.40 bits per heavy atom. The lowest BCUT2D eigenvalue weighted by Gasteiger charge is -2.15. The normalized spacial score (nSPS) is 11.7. The van der Waals surface area contributed by atoms with Gasteiger partial charge in [-0.2, -0.15) is 0 Å². The molecule has 0 radical (unpaired) electrons. The van der Waals surface area contributed by atoms with Crippen molar-refractivity contribution in [3.05, 3.63) is 46.3 Å². The Balaban J connectivity index is 2.32. The molecule has 0 aromatic carbocycles. The summed E-state index contributed by atoms with van der Waals surface area (Å²) in [6.45, 7) is 0. The van der Waals surface area contributed by atoms with Crippen LogP contribution in [-0.2, 0) is 9.53 Å². The Morgan fingerprint density at radius 2 is 2.20 bits per heavy atom. The number of aromatic nitrogens is 1. The Kier molecular flexibility index (Phi) is 4.31. The van der Waals surface area contributed by atoms with Crippen molar-refractivity contribution in [3.63, 3.8) is 0 Å². The number of carbonyl (C=O) groups is 2. The third-order valence-corrected chi connectivity index (χ3v) is 3.51. The van der Waals surface area contributed by atoms with Gasteiger partial charge in [-0.25, -0.2) is 14.6 Å². The first-order valence-electron chi connectivity index (χ1n) is 5.69. The Hall–Kier alpha value is -2.41. The van der Waals surface area contributed by atoms with Crippen molar-refractivity contribution >= 4 is 29.1 Å². The van der Waals surface area contributed by atoms with Crippen molar-refractivity contribution < 1.29 is 19.4 Å². The average Bonchev–Trinajstić information content (AvgIpc) is 2.97. The van der Waals surface area contributed by atoms with Gasteiger partial charge in [-0.1, -0.05) is 6.07 Å². The van der Waals surface area contributed by atoms with E-state index in [2.05, 4.69) is 15.0 Å². The number of thiophene rings is 1. The first kappa shape index (κ1) is 14.0. The van der Waals surface area contributed by atoms with E-state index in [9.17, 15) is 14.7 Å². The van der Waals surface area contributed by atoms with E-state index in [1.54, 1.807) is 23.6 Å². The van der Waals surface area contributed by atoms with Gasteiger partial charge in [0.1, 0.15) is 11.4 Å². The molecule has 2 N–H and O–H groups in total. The summed E-state index contributed by atoms with van der Waals surface area (Å²) in [4.78, 5) is 27.6. The first-order chi connectivity index (χ1) is 9.63. The molecule has 0 bridgehead atoms. The number of nitrogens with zero attached hydrogens (tertiary/aromatic N) is 1. The summed E-state index contributed by atoms with van der Waals surface area (Å²) in [5.41, 5.74) is 0.192. The quantitative estimate of drug-likeness (QED) is 0.821. The monoisotopic (exact) mass is 292 g/mol. The van der Waals surface area contributed by atoms with Crippen LogP contribution in [-0.4, -0.2) is 29.1 Å². The Bertz CT molecular complexity index is 613. The fourth-order valence-corrected chi connectivity index (χ4v) is 2.41. The summed E-state index contributed by atoms with van der Waals surface area (Å²) in [5, 5.41) is 13.8. The number of aliphatic carboxylic acids is 1. The highest BCUT2D eigenvalue weighted by Gasteiger charge is 2.23. The molecule has 104 valence electrons. The van der Waals surface area contributed by atoms with Gasteiger partial charge < -0.3 is 15.2 Å². The van der Waals surface area contributed by atoms with Crippen LogP contribution in [0.1, 0.15) is 21.3 Å². The lowest BCUT2D eigenvalue weighted by Crippen LogP contribution is -2.21. The highest BCUT2D eigenvalue weighted by molar-refractivity contribution is 7.10. The van der Waals surface area contributed by atoms with Crippen LogP contribution in [0.5, 0.6) is 0 Å². The summed E-state index contributed by atoms with van der Waals surface area (Å²) in [7, 11) is 1.26. The van der Waals surface area contributed by atoms with Gasteiger partial charge in [0.2, 0.25) is 0 Å². The van der Waals surface area contributed by atoms with Crippen molar-refractivity contribution in [3.8, 4) is 0 Å². The van der Waals surface area contributed by atoms with Crippen LogP contribution in [0.3, 0.4) is 0 Å². The minimum absolute atomic E-state index is 0.181. The van der Waals surface area contributed by atoms with Gasteiger partial charge >= 0.3 is 11.9 Å². The zero-order valence-electron chi connectivity index (χ0n) is 10.6. The molecule has 7 heteroatoms. The lowest BCUT2D eigenvalue weighted by atomic mass is 10.2. The molecule has 20 heavy (non-hydrogen) atoms. The third-order valence-electron chi connectivity index (χ3n) is 2.57. The zero-order valence-corrected chi connectivity index (χ0v) is 11.4. The van der Waals surface area contributed by atoms with Crippen LogP contribution in [0.25, 0.3) is 0 Å². The highest BCUT2D eigenvalue weighted by atomic mass is 32.1. The number of hydrogen-bond donors (Lipinski definition) is 2. The van der Waals surface area contributed by atoms with E-state index in [1.807, 2.05) is 0 Å². The SMILES string of the molecule is COC(=O)c1cccnc1NC(C(=O)O)c1cccs1. The number of methoxy groups -OCH3 is 1. The molecule has 2 aromatic heterocycles. The highest BCUT2D eigenvalue weighted by Crippen LogP contribution is 2.25. The number of nitrogens with one attached hydrogen (secondary N) is 1. The fraction of sp³-hybridized carbons (Fsp3) is 0.154. The molecule has 1 unspecified atom stereocenters. The number of carbonyl (C=O) groups excluding carboxylic acids is 1. The minimum Gasteiger partial charge on any atom is -0.479 e. The standard InChI is InChI=1S/C13H12N2O4S/c1-19-13(18)8-4-2-6-14-11(8)15-10(12(16)17)9-5-3-7-20-9/h2-7,10H,1H3,(H,14,15)(H,16,17). The molecule has 0 aliphatic rings. The van der Waals surface area contributed by atoms with Crippen molar-refractivity contribution in [2.75, 3.05) is 12.4 Å². The van der Waals surface area contributed by atoms with Gasteiger partial charge in [-0.3, -0.25) is 0 Å². The van der Waals surface area contributed by atoms with E-state index < -0.39 is 18.0 Å². The third kappa shape index (κ3) is 2.94. The molecule has 0 saturated heterocycles. The number of pyridine rings is 1. The number of esters is 1. The molecule has 2 aromatic rings. The van der Waals surface area contributed by atoms with Gasteiger partial charge in [0.05, 0.1) is 7.11 Å². The second-order valence-electron chi connectivity index (χ2n) is 3.82. The van der Waals surface area contributed by atoms with Crippen LogP contribution < -0.4 is 5.32 Å². The maximum Gasteiger partial charge on any atom is 0.341 e. The first-order valence-corrected chi connectivity index (χ1v) is 6.57. The molecule has 2 rings (SSSR count). The van der Waals surface area contributed by atoms with Crippen LogP contribution >= 0.6 is 11.3 Å². The van der Waals surface area contributed by atoms with Crippen molar-refractivity contribution in [2.24, 2.45) is 0 Å². The van der Waals surface area contributed by atoms with Crippen LogP contribution in [0, 0.1) is 0 Å². The second kappa shape index (κ2) is 6.16. The maximum atomic E-state index is 11.6. The molecule has 2 heterocycles. The average molecular weight is 292 g/mol. The van der Waals surface area contributed by atoms with Crippen LogP contribution in [0.2, 0.25) is 0 Å². The number of hydrogen-bond acceptors (Lipinski definition) is 6. The lowest BCUT2D eigenvalue weighted by molar-refractivity contribution is -0.138. The molecular formula is C13H12N2O4S. The van der Waals surface area contributed by atoms with Gasteiger partial charge in [0.25, 0.3) is 0 Å². The second-order valence-corrected chi connectivity index (χ2v) is 4.80. The molecule has 0 saturated carbocycles. The maximum absolute atomic E-state index is 11.6. The molecule has 0 spiro atoms. The van der Waals surface area contributed by atoms with Crippen molar-refractivity contribution in [1.29, 1.82) is 0 Å². The predicted octanol–water partition coefficient (Wildman–Crippen LogP) is 2.17. The van der Waals surface area contributed by atoms with E-state index >= 15 is 0 Å². The molecule has 1 atom stereocenters. The molecular weight excluding hydrogens is 280 g/mol. The van der Waals surface area contributed by atoms with Crippen molar-refractivity contribution in [2.45, 2.75) is 6.04 Å². The van der Waals surface area contributed by atoms with E-state index in [0.717, 1.165) is 0 Å². The summed E-state index contributed by atoms with van der Waals surface area (Å²) < 4.78 is 4.65. The van der Waals surface area contributed by atoms with E-state index in [0.29, 0.717) is 4.88 Å². The molecule has 0 fully saturated rings. The Morgan fingerprint density at radius 3 is 2.80 bits per heavy atom. The number of ether oxygens (including phenoxy) is 1. The minimum atomic E-state index is -1.05. The summed E-state index contributed by atoms with van der Waals surface area (Å²) in [6.07, 6.45) is 1.47. The summed E-state index contributed by atoms with van der Waals surface area (Å²) >= 11 is 1.31. The number of rotatable bonds is 5. The van der Waals surface area contributed by atoms with Crippen LogP contribution in [0.4, 0.5) is 5.82 Å². The predicted molar refractivity (Wildman–Crippen MR) is 73.9 cm³/mol. The van der Waals surface area contributed by atoms with E-state index in [-0.39, 0.29) is 11.4 Å². The van der Waals surface area contributed by atoms with Gasteiger partial charge in [-0.05, 0) is 23.6 Å². The molecule has 0 aliphatic carbocycles. The fourth-order valence-electron chi connectivity index (χ4n) is 1.64. The Labute approximate surface area is 119 Å². The van der Waals surface area contributed by atoms with E-state index in [1.165, 1.54) is 30.7 Å². The van der Waals surface area contributed by atoms with Gasteiger partial charge in [0, 0.05) is 11.1 Å². The van der Waals surface area contributed by atoms with Gasteiger partial charge in [0.15, 0.2) is 6.04 Å². The number of carboxylic acid groups (broad SMARTS) is 1. The smallest absolute Gasteiger partial charge is 0.341 e. The molecule has 0 aliphatic heterocycles. The summed E-state index contributed by atoms with van der Waals surface area (Å²) in [6, 6.07) is 5.61. The van der Waals surface area contributed by atoms with Crippen molar-refractivity contribution in [1.82, 2.24) is 4.98 Å². The van der Waals surface area contributed by atoms with Gasteiger partial charge in [-0.15, -0.1) is 11.3 Å². The van der Waals surface area contributed by atoms with Crippen LogP contribution in [0.15, 0.2) is 35.8 Å². The topological polar surface area (TPSA) is 88.5 Å². The zero-order chi connectivity index (χ0) is 14.5. The molecule has 6 nitrogen and oxygen atoms in total. The summed E-state index contributed by atoms with van der Waals surface area (Å²) in [5.74, 6) is -1.44. The number of carboxylic acids is 1.